The molecule has 0 radical (unpaired) electrons. The molecule has 0 bridgehead atoms. The first-order valence-electron chi connectivity index (χ1n) is 6.63. The van der Waals surface area contributed by atoms with Crippen LogP contribution in [-0.2, 0) is 10.9 Å². The van der Waals surface area contributed by atoms with Crippen LogP contribution in [0, 0.1) is 0 Å². The maximum atomic E-state index is 12.7. The molecule has 1 aromatic carbocycles. The number of alkyl halides is 3. The van der Waals surface area contributed by atoms with Gasteiger partial charge in [0.1, 0.15) is 12.4 Å². The van der Waals surface area contributed by atoms with E-state index >= 15 is 0 Å². The summed E-state index contributed by atoms with van der Waals surface area (Å²) in [4.78, 5) is 0. The van der Waals surface area contributed by atoms with Crippen LogP contribution in [0.15, 0.2) is 24.3 Å². The molecule has 3 nitrogen and oxygen atoms in total. The van der Waals surface area contributed by atoms with Crippen LogP contribution in [-0.4, -0.2) is 32.9 Å². The van der Waals surface area contributed by atoms with E-state index in [2.05, 4.69) is 5.32 Å². The lowest BCUT2D eigenvalue weighted by molar-refractivity contribution is -0.138. The Morgan fingerprint density at radius 2 is 1.85 bits per heavy atom. The van der Waals surface area contributed by atoms with E-state index in [1.165, 1.54) is 18.2 Å². The topological polar surface area (TPSA) is 30.5 Å². The van der Waals surface area contributed by atoms with Crippen LogP contribution in [0.25, 0.3) is 0 Å². The Morgan fingerprint density at radius 3 is 2.55 bits per heavy atom. The Balaban J connectivity index is 2.26. The first-order chi connectivity index (χ1) is 9.55. The SMILES string of the molecule is CCOCCCNCCOc1ccccc1C(F)(F)F. The highest BCUT2D eigenvalue weighted by molar-refractivity contribution is 5.35. The molecule has 0 saturated carbocycles. The van der Waals surface area contributed by atoms with E-state index in [1.807, 2.05) is 6.92 Å². The van der Waals surface area contributed by atoms with Gasteiger partial charge in [0.25, 0.3) is 0 Å². The summed E-state index contributed by atoms with van der Waals surface area (Å²) in [7, 11) is 0. The number of benzene rings is 1. The summed E-state index contributed by atoms with van der Waals surface area (Å²) in [6.45, 7) is 4.75. The second kappa shape index (κ2) is 8.81. The lowest BCUT2D eigenvalue weighted by Crippen LogP contribution is -2.23. The number of halogens is 3. The minimum atomic E-state index is -4.39. The van der Waals surface area contributed by atoms with Crippen molar-refractivity contribution in [3.63, 3.8) is 0 Å². The Hall–Kier alpha value is -1.27. The maximum Gasteiger partial charge on any atom is 0.419 e. The van der Waals surface area contributed by atoms with Gasteiger partial charge in [0.05, 0.1) is 5.56 Å². The fourth-order valence-electron chi connectivity index (χ4n) is 1.63. The van der Waals surface area contributed by atoms with E-state index in [4.69, 9.17) is 9.47 Å². The summed E-state index contributed by atoms with van der Waals surface area (Å²) in [6, 6.07) is 5.23. The van der Waals surface area contributed by atoms with Gasteiger partial charge >= 0.3 is 6.18 Å². The Kier molecular flexibility index (Phi) is 7.40. The molecule has 0 unspecified atom stereocenters. The van der Waals surface area contributed by atoms with Gasteiger partial charge in [0.15, 0.2) is 0 Å². The van der Waals surface area contributed by atoms with E-state index in [-0.39, 0.29) is 12.4 Å². The van der Waals surface area contributed by atoms with Crippen molar-refractivity contribution < 1.29 is 22.6 Å². The maximum absolute atomic E-state index is 12.7. The molecule has 0 atom stereocenters. The van der Waals surface area contributed by atoms with Gasteiger partial charge in [-0.1, -0.05) is 12.1 Å². The summed E-state index contributed by atoms with van der Waals surface area (Å²) in [6.07, 6.45) is -3.52. The van der Waals surface area contributed by atoms with Gasteiger partial charge < -0.3 is 14.8 Å². The molecule has 0 spiro atoms. The van der Waals surface area contributed by atoms with Crippen molar-refractivity contribution in [3.8, 4) is 5.75 Å². The normalized spacial score (nSPS) is 11.6. The third-order valence-electron chi connectivity index (χ3n) is 2.58. The van der Waals surface area contributed by atoms with E-state index in [0.29, 0.717) is 19.8 Å². The van der Waals surface area contributed by atoms with Crippen LogP contribution >= 0.6 is 0 Å². The highest BCUT2D eigenvalue weighted by Gasteiger charge is 2.33. The molecule has 0 fully saturated rings. The largest absolute Gasteiger partial charge is 0.492 e. The van der Waals surface area contributed by atoms with Crippen LogP contribution < -0.4 is 10.1 Å². The van der Waals surface area contributed by atoms with Crippen LogP contribution in [0.2, 0.25) is 0 Å². The molecule has 1 N–H and O–H groups in total. The smallest absolute Gasteiger partial charge is 0.419 e. The second-order valence-corrected chi connectivity index (χ2v) is 4.14. The molecular weight excluding hydrogens is 271 g/mol. The number of rotatable bonds is 9. The first kappa shape index (κ1) is 16.8. The third kappa shape index (κ3) is 6.25. The summed E-state index contributed by atoms with van der Waals surface area (Å²) >= 11 is 0. The quantitative estimate of drug-likeness (QED) is 0.709. The van der Waals surface area contributed by atoms with Crippen LogP contribution in [0.5, 0.6) is 5.75 Å². The molecule has 1 aromatic rings. The van der Waals surface area contributed by atoms with Crippen LogP contribution in [0.4, 0.5) is 13.2 Å². The third-order valence-corrected chi connectivity index (χ3v) is 2.58. The Morgan fingerprint density at radius 1 is 1.10 bits per heavy atom. The number of hydrogen-bond acceptors (Lipinski definition) is 3. The van der Waals surface area contributed by atoms with Gasteiger partial charge in [-0.05, 0) is 32.0 Å². The molecule has 1 rings (SSSR count). The molecule has 20 heavy (non-hydrogen) atoms. The highest BCUT2D eigenvalue weighted by Crippen LogP contribution is 2.35. The Labute approximate surface area is 117 Å². The van der Waals surface area contributed by atoms with Gasteiger partial charge in [-0.25, -0.2) is 0 Å². The molecule has 0 amide bonds. The van der Waals surface area contributed by atoms with Gasteiger partial charge in [0.2, 0.25) is 0 Å². The lowest BCUT2D eigenvalue weighted by atomic mass is 10.2. The fourth-order valence-corrected chi connectivity index (χ4v) is 1.63. The highest BCUT2D eigenvalue weighted by atomic mass is 19.4. The summed E-state index contributed by atoms with van der Waals surface area (Å²) in [5, 5.41) is 3.09. The van der Waals surface area contributed by atoms with Crippen molar-refractivity contribution >= 4 is 0 Å². The molecule has 0 heterocycles. The summed E-state index contributed by atoms with van der Waals surface area (Å²) in [5.74, 6) is -0.129. The molecule has 0 aliphatic carbocycles. The van der Waals surface area contributed by atoms with Gasteiger partial charge in [-0.2, -0.15) is 13.2 Å². The predicted octanol–water partition coefficient (Wildman–Crippen LogP) is 3.10. The van der Waals surface area contributed by atoms with Crippen molar-refractivity contribution in [3.05, 3.63) is 29.8 Å². The minimum absolute atomic E-state index is 0.129. The monoisotopic (exact) mass is 291 g/mol. The minimum Gasteiger partial charge on any atom is -0.492 e. The summed E-state index contributed by atoms with van der Waals surface area (Å²) in [5.41, 5.74) is -0.739. The van der Waals surface area contributed by atoms with Gasteiger partial charge in [0, 0.05) is 19.8 Å². The standard InChI is InChI=1S/C14H20F3NO2/c1-2-19-10-5-8-18-9-11-20-13-7-4-3-6-12(13)14(15,16)17/h3-4,6-7,18H,2,5,8-11H2,1H3. The zero-order chi connectivity index (χ0) is 14.8. The second-order valence-electron chi connectivity index (χ2n) is 4.14. The van der Waals surface area contributed by atoms with Crippen molar-refractivity contribution in [2.24, 2.45) is 0 Å². The molecule has 0 aliphatic rings. The van der Waals surface area contributed by atoms with E-state index < -0.39 is 11.7 Å². The molecule has 6 heteroatoms. The van der Waals surface area contributed by atoms with E-state index in [0.717, 1.165) is 19.0 Å². The molecule has 0 aliphatic heterocycles. The molecule has 0 aromatic heterocycles. The number of para-hydroxylation sites is 1. The van der Waals surface area contributed by atoms with Gasteiger partial charge in [-0.15, -0.1) is 0 Å². The van der Waals surface area contributed by atoms with Crippen molar-refractivity contribution in [1.82, 2.24) is 5.32 Å². The van der Waals surface area contributed by atoms with E-state index in [1.54, 1.807) is 0 Å². The van der Waals surface area contributed by atoms with Crippen molar-refractivity contribution in [2.45, 2.75) is 19.5 Å². The summed E-state index contributed by atoms with van der Waals surface area (Å²) < 4.78 is 48.4. The van der Waals surface area contributed by atoms with Crippen LogP contribution in [0.3, 0.4) is 0 Å². The number of hydrogen-bond donors (Lipinski definition) is 1. The fraction of sp³-hybridized carbons (Fsp3) is 0.571. The van der Waals surface area contributed by atoms with E-state index in [9.17, 15) is 13.2 Å². The van der Waals surface area contributed by atoms with Crippen molar-refractivity contribution in [2.75, 3.05) is 32.9 Å². The zero-order valence-corrected chi connectivity index (χ0v) is 11.5. The number of ether oxygens (including phenoxy) is 2. The van der Waals surface area contributed by atoms with Gasteiger partial charge in [-0.3, -0.25) is 0 Å². The number of nitrogens with one attached hydrogen (secondary N) is 1. The first-order valence-corrected chi connectivity index (χ1v) is 6.63. The molecule has 114 valence electrons. The molecule has 0 saturated heterocycles. The van der Waals surface area contributed by atoms with Crippen LogP contribution in [0.1, 0.15) is 18.9 Å². The molecular formula is C14H20F3NO2. The predicted molar refractivity (Wildman–Crippen MR) is 70.9 cm³/mol. The average Bonchev–Trinajstić information content (AvgIpc) is 2.41. The Bertz CT molecular complexity index is 383. The average molecular weight is 291 g/mol. The zero-order valence-electron chi connectivity index (χ0n) is 11.5. The lowest BCUT2D eigenvalue weighted by Gasteiger charge is -2.13. The van der Waals surface area contributed by atoms with Crippen molar-refractivity contribution in [1.29, 1.82) is 0 Å².